The molecule has 0 aromatic heterocycles. The molecule has 1 N–H and O–H groups in total. The van der Waals surface area contributed by atoms with Gasteiger partial charge in [0, 0.05) is 0 Å². The summed E-state index contributed by atoms with van der Waals surface area (Å²) in [5.41, 5.74) is 2.09. The molecule has 0 radical (unpaired) electrons. The summed E-state index contributed by atoms with van der Waals surface area (Å²) in [6, 6.07) is 0.997. The lowest BCUT2D eigenvalue weighted by Crippen LogP contribution is -2.26. The highest BCUT2D eigenvalue weighted by atomic mass is 28.4. The molecule has 0 aliphatic carbocycles. The monoisotopic (exact) mass is 200 g/mol. The van der Waals surface area contributed by atoms with Gasteiger partial charge in [-0.15, -0.1) is 0 Å². The Morgan fingerprint density at radius 3 is 2.38 bits per heavy atom. The molecule has 0 heterocycles. The Kier molecular flexibility index (Phi) is 7.29. The van der Waals surface area contributed by atoms with Crippen molar-refractivity contribution >= 4 is 8.32 Å². The lowest BCUT2D eigenvalue weighted by Gasteiger charge is -2.13. The van der Waals surface area contributed by atoms with Crippen LogP contribution in [-0.4, -0.2) is 13.1 Å². The van der Waals surface area contributed by atoms with Crippen molar-refractivity contribution in [3.8, 4) is 0 Å². The summed E-state index contributed by atoms with van der Waals surface area (Å²) in [5, 5.41) is 0. The number of hydrogen-bond donors (Lipinski definition) is 1. The van der Waals surface area contributed by atoms with Gasteiger partial charge in [-0.1, -0.05) is 44.9 Å². The lowest BCUT2D eigenvalue weighted by atomic mass is 10.2. The van der Waals surface area contributed by atoms with E-state index in [9.17, 15) is 4.80 Å². The van der Waals surface area contributed by atoms with Gasteiger partial charge in [-0.05, 0) is 25.4 Å². The van der Waals surface area contributed by atoms with Crippen LogP contribution in [-0.2, 0) is 0 Å². The maximum absolute atomic E-state index is 9.92. The fourth-order valence-corrected chi connectivity index (χ4v) is 3.29. The van der Waals surface area contributed by atoms with Crippen molar-refractivity contribution in [1.29, 1.82) is 0 Å². The van der Waals surface area contributed by atoms with Crippen LogP contribution in [0, 0.1) is 0 Å². The van der Waals surface area contributed by atoms with Gasteiger partial charge in [-0.2, -0.15) is 0 Å². The summed E-state index contributed by atoms with van der Waals surface area (Å²) in [4.78, 5) is 9.92. The zero-order valence-corrected chi connectivity index (χ0v) is 10.3. The van der Waals surface area contributed by atoms with Gasteiger partial charge < -0.3 is 4.80 Å². The molecule has 0 saturated carbocycles. The highest BCUT2D eigenvalue weighted by Crippen LogP contribution is 2.10. The zero-order chi connectivity index (χ0) is 10.2. The third kappa shape index (κ3) is 8.25. The molecule has 1 unspecified atom stereocenters. The molecule has 0 fully saturated rings. The van der Waals surface area contributed by atoms with Crippen molar-refractivity contribution < 1.29 is 4.80 Å². The van der Waals surface area contributed by atoms with E-state index in [1.807, 2.05) is 6.55 Å². The third-order valence-electron chi connectivity index (χ3n) is 2.21. The second-order valence-electron chi connectivity index (χ2n) is 4.01. The van der Waals surface area contributed by atoms with Gasteiger partial charge in [0.1, 0.15) is 0 Å². The number of allylic oxidation sites excluding steroid dienone is 1. The average Bonchev–Trinajstić information content (AvgIpc) is 2.04. The molecule has 0 amide bonds. The van der Waals surface area contributed by atoms with E-state index in [1.165, 1.54) is 19.3 Å². The van der Waals surface area contributed by atoms with Crippen molar-refractivity contribution in [3.05, 3.63) is 11.8 Å². The van der Waals surface area contributed by atoms with Gasteiger partial charge in [0.15, 0.2) is 0 Å². The molecule has 1 atom stereocenters. The fourth-order valence-electron chi connectivity index (χ4n) is 1.44. The van der Waals surface area contributed by atoms with E-state index in [-0.39, 0.29) is 0 Å². The molecule has 1 nitrogen and oxygen atoms in total. The zero-order valence-electron chi connectivity index (χ0n) is 9.34. The van der Waals surface area contributed by atoms with Crippen molar-refractivity contribution in [2.75, 3.05) is 0 Å². The summed E-state index contributed by atoms with van der Waals surface area (Å²) < 4.78 is 0. The average molecular weight is 200 g/mol. The Bertz CT molecular complexity index is 141. The van der Waals surface area contributed by atoms with Crippen LogP contribution in [0.2, 0.25) is 12.6 Å². The normalized spacial score (nSPS) is 16.3. The van der Waals surface area contributed by atoms with Gasteiger partial charge >= 0.3 is 0 Å². The van der Waals surface area contributed by atoms with Crippen LogP contribution in [0.15, 0.2) is 11.8 Å². The van der Waals surface area contributed by atoms with E-state index in [0.717, 1.165) is 18.9 Å². The molecule has 0 spiro atoms. The summed E-state index contributed by atoms with van der Waals surface area (Å²) in [5.74, 6) is 0. The third-order valence-corrected chi connectivity index (χ3v) is 4.67. The van der Waals surface area contributed by atoms with Crippen molar-refractivity contribution in [3.63, 3.8) is 0 Å². The van der Waals surface area contributed by atoms with Crippen LogP contribution in [0.1, 0.15) is 46.0 Å². The molecular weight excluding hydrogens is 176 g/mol. The molecule has 0 rings (SSSR count). The molecule has 2 heteroatoms. The highest BCUT2D eigenvalue weighted by Gasteiger charge is 2.18. The Balaban J connectivity index is 3.56. The Morgan fingerprint density at radius 2 is 1.85 bits per heavy atom. The smallest absolute Gasteiger partial charge is 0.209 e. The first-order valence-corrected chi connectivity index (χ1v) is 8.25. The number of rotatable bonds is 7. The van der Waals surface area contributed by atoms with E-state index in [2.05, 4.69) is 25.6 Å². The topological polar surface area (TPSA) is 20.2 Å². The largest absolute Gasteiger partial charge is 0.428 e. The first-order valence-electron chi connectivity index (χ1n) is 5.52. The first-order chi connectivity index (χ1) is 6.12. The molecule has 0 aromatic carbocycles. The van der Waals surface area contributed by atoms with Crippen molar-refractivity contribution in [1.82, 2.24) is 0 Å². The quantitative estimate of drug-likeness (QED) is 0.491. The van der Waals surface area contributed by atoms with E-state index >= 15 is 0 Å². The number of hydrogen-bond acceptors (Lipinski definition) is 1. The molecule has 78 valence electrons. The van der Waals surface area contributed by atoms with Gasteiger partial charge in [-0.25, -0.2) is 0 Å². The number of unbranched alkanes of at least 4 members (excludes halogenated alkanes) is 3. The van der Waals surface area contributed by atoms with Crippen LogP contribution in [0.3, 0.4) is 0 Å². The minimum Gasteiger partial charge on any atom is -0.428 e. The second kappa shape index (κ2) is 7.33. The minimum atomic E-state index is -1.94. The van der Waals surface area contributed by atoms with Crippen LogP contribution >= 0.6 is 0 Å². The summed E-state index contributed by atoms with van der Waals surface area (Å²) in [7, 11) is -1.94. The molecule has 0 aromatic rings. The lowest BCUT2D eigenvalue weighted by molar-refractivity contribution is 0.552. The second-order valence-corrected chi connectivity index (χ2v) is 7.55. The van der Waals surface area contributed by atoms with Crippen LogP contribution in [0.4, 0.5) is 0 Å². The molecular formula is C11H24OSi. The van der Waals surface area contributed by atoms with Crippen LogP contribution < -0.4 is 0 Å². The fraction of sp³-hybridized carbons (Fsp3) is 0.818. The minimum absolute atomic E-state index is 0.997. The molecule has 0 aliphatic rings. The summed E-state index contributed by atoms with van der Waals surface area (Å²) >= 11 is 0. The Hall–Kier alpha value is -0.0831. The van der Waals surface area contributed by atoms with Crippen molar-refractivity contribution in [2.24, 2.45) is 0 Å². The standard InChI is InChI=1S/C11H24OSi/c1-4-6-7-8-9-11-13(3,12)10-5-2/h9,11-12H,4-8,10H2,1-3H3/b11-9+. The van der Waals surface area contributed by atoms with E-state index in [1.54, 1.807) is 0 Å². The molecule has 0 saturated heterocycles. The van der Waals surface area contributed by atoms with E-state index < -0.39 is 8.32 Å². The SMILES string of the molecule is CCCCC/C=C/[Si](C)(O)CCC. The maximum atomic E-state index is 9.92. The van der Waals surface area contributed by atoms with Gasteiger partial charge in [0.25, 0.3) is 0 Å². The molecule has 13 heavy (non-hydrogen) atoms. The predicted octanol–water partition coefficient (Wildman–Crippen LogP) is 3.64. The molecule has 0 aliphatic heterocycles. The molecule has 0 bridgehead atoms. The van der Waals surface area contributed by atoms with Crippen LogP contribution in [0.5, 0.6) is 0 Å². The maximum Gasteiger partial charge on any atom is 0.209 e. The summed E-state index contributed by atoms with van der Waals surface area (Å²) in [6.45, 7) is 6.37. The van der Waals surface area contributed by atoms with Gasteiger partial charge in [0.05, 0.1) is 0 Å². The van der Waals surface area contributed by atoms with E-state index in [4.69, 9.17) is 0 Å². The van der Waals surface area contributed by atoms with Crippen molar-refractivity contribution in [2.45, 2.75) is 58.5 Å². The summed E-state index contributed by atoms with van der Waals surface area (Å²) in [6.07, 6.45) is 8.26. The van der Waals surface area contributed by atoms with Gasteiger partial charge in [0.2, 0.25) is 8.32 Å². The highest BCUT2D eigenvalue weighted by molar-refractivity contribution is 6.76. The Morgan fingerprint density at radius 1 is 1.15 bits per heavy atom. The Labute approximate surface area is 84.0 Å². The predicted molar refractivity (Wildman–Crippen MR) is 62.2 cm³/mol. The van der Waals surface area contributed by atoms with E-state index in [0.29, 0.717) is 0 Å². The van der Waals surface area contributed by atoms with Gasteiger partial charge in [-0.3, -0.25) is 0 Å². The first kappa shape index (κ1) is 12.9. The van der Waals surface area contributed by atoms with Crippen LogP contribution in [0.25, 0.3) is 0 Å².